The molecule has 1 saturated heterocycles. The summed E-state index contributed by atoms with van der Waals surface area (Å²) in [5, 5.41) is 13.0. The average Bonchev–Trinajstić information content (AvgIpc) is 2.47. The molecule has 6 nitrogen and oxygen atoms in total. The summed E-state index contributed by atoms with van der Waals surface area (Å²) in [4.78, 5) is 17.5. The molecular weight excluding hydrogens is 258 g/mol. The number of nitrogens with one attached hydrogen (secondary N) is 1. The van der Waals surface area contributed by atoms with Gasteiger partial charge >= 0.3 is 0 Å². The summed E-state index contributed by atoms with van der Waals surface area (Å²) in [5.41, 5.74) is 0.805. The lowest BCUT2D eigenvalue weighted by Gasteiger charge is -2.37. The third-order valence-electron chi connectivity index (χ3n) is 3.55. The Morgan fingerprint density at radius 1 is 1.50 bits per heavy atom. The van der Waals surface area contributed by atoms with E-state index in [9.17, 15) is 9.90 Å². The van der Waals surface area contributed by atoms with Gasteiger partial charge in [0.05, 0.1) is 12.1 Å². The second-order valence-electron chi connectivity index (χ2n) is 5.31. The fourth-order valence-corrected chi connectivity index (χ4v) is 2.25. The first kappa shape index (κ1) is 14.7. The minimum Gasteiger partial charge on any atom is -0.394 e. The van der Waals surface area contributed by atoms with Crippen LogP contribution in [0.3, 0.4) is 0 Å². The molecule has 1 aliphatic rings. The lowest BCUT2D eigenvalue weighted by Crippen LogP contribution is -2.46. The number of aromatic nitrogens is 1. The van der Waals surface area contributed by atoms with E-state index in [0.717, 1.165) is 18.5 Å². The number of anilines is 1. The van der Waals surface area contributed by atoms with Crippen LogP contribution in [0.15, 0.2) is 18.3 Å². The Morgan fingerprint density at radius 3 is 2.80 bits per heavy atom. The normalized spacial score (nSPS) is 17.6. The van der Waals surface area contributed by atoms with Crippen LogP contribution in [0.4, 0.5) is 5.69 Å². The standard InChI is InChI=1S/C14H21N3O3/c1-17(2)13(19)12-9-11(3-6-15-12)16-14(10-18)4-7-20-8-5-14/h3,6,9,18H,4-5,7-8,10H2,1-2H3,(H,15,16). The van der Waals surface area contributed by atoms with E-state index in [0.29, 0.717) is 18.9 Å². The second-order valence-corrected chi connectivity index (χ2v) is 5.31. The fourth-order valence-electron chi connectivity index (χ4n) is 2.25. The second kappa shape index (κ2) is 6.19. The molecule has 2 rings (SSSR count). The third kappa shape index (κ3) is 3.26. The summed E-state index contributed by atoms with van der Waals surface area (Å²) in [7, 11) is 3.38. The number of aliphatic hydroxyl groups is 1. The minimum atomic E-state index is -0.377. The first-order valence-electron chi connectivity index (χ1n) is 6.71. The lowest BCUT2D eigenvalue weighted by atomic mass is 9.90. The summed E-state index contributed by atoms with van der Waals surface area (Å²) < 4.78 is 5.33. The van der Waals surface area contributed by atoms with Crippen LogP contribution in [-0.4, -0.2) is 60.4 Å². The van der Waals surface area contributed by atoms with E-state index in [1.807, 2.05) is 0 Å². The van der Waals surface area contributed by atoms with Gasteiger partial charge in [0.15, 0.2) is 0 Å². The Morgan fingerprint density at radius 2 is 2.20 bits per heavy atom. The average molecular weight is 279 g/mol. The van der Waals surface area contributed by atoms with Crippen molar-refractivity contribution in [2.24, 2.45) is 0 Å². The molecule has 0 saturated carbocycles. The van der Waals surface area contributed by atoms with Gasteiger partial charge in [0.25, 0.3) is 5.91 Å². The molecule has 1 fully saturated rings. The molecule has 0 aliphatic carbocycles. The van der Waals surface area contributed by atoms with E-state index in [-0.39, 0.29) is 18.1 Å². The molecule has 0 unspecified atom stereocenters. The zero-order valence-corrected chi connectivity index (χ0v) is 11.9. The van der Waals surface area contributed by atoms with Gasteiger partial charge in [-0.15, -0.1) is 0 Å². The highest BCUT2D eigenvalue weighted by Crippen LogP contribution is 2.25. The number of aliphatic hydroxyl groups excluding tert-OH is 1. The van der Waals surface area contributed by atoms with Crippen molar-refractivity contribution in [1.82, 2.24) is 9.88 Å². The predicted octanol–water partition coefficient (Wildman–Crippen LogP) is 0.737. The number of nitrogens with zero attached hydrogens (tertiary/aromatic N) is 2. The van der Waals surface area contributed by atoms with Crippen molar-refractivity contribution in [3.05, 3.63) is 24.0 Å². The Bertz CT molecular complexity index is 470. The molecule has 2 N–H and O–H groups in total. The molecule has 0 atom stereocenters. The van der Waals surface area contributed by atoms with Crippen molar-refractivity contribution in [2.75, 3.05) is 39.2 Å². The van der Waals surface area contributed by atoms with Crippen LogP contribution in [0.5, 0.6) is 0 Å². The molecule has 1 amide bonds. The van der Waals surface area contributed by atoms with Gasteiger partial charge in [0.2, 0.25) is 0 Å². The van der Waals surface area contributed by atoms with Gasteiger partial charge in [-0.25, -0.2) is 0 Å². The number of ether oxygens (including phenoxy) is 1. The lowest BCUT2D eigenvalue weighted by molar-refractivity contribution is 0.0380. The zero-order valence-electron chi connectivity index (χ0n) is 11.9. The van der Waals surface area contributed by atoms with Gasteiger partial charge in [-0.3, -0.25) is 9.78 Å². The quantitative estimate of drug-likeness (QED) is 0.850. The van der Waals surface area contributed by atoms with Crippen molar-refractivity contribution in [2.45, 2.75) is 18.4 Å². The molecule has 1 aromatic heterocycles. The van der Waals surface area contributed by atoms with Gasteiger partial charge in [-0.2, -0.15) is 0 Å². The number of rotatable bonds is 4. The van der Waals surface area contributed by atoms with Crippen LogP contribution in [0.1, 0.15) is 23.3 Å². The molecule has 110 valence electrons. The number of amides is 1. The molecule has 20 heavy (non-hydrogen) atoms. The summed E-state index contributed by atoms with van der Waals surface area (Å²) in [5.74, 6) is -0.140. The van der Waals surface area contributed by atoms with Gasteiger partial charge in [0, 0.05) is 39.2 Å². The number of pyridine rings is 1. The Labute approximate surface area is 118 Å². The largest absolute Gasteiger partial charge is 0.394 e. The van der Waals surface area contributed by atoms with Crippen molar-refractivity contribution < 1.29 is 14.6 Å². The SMILES string of the molecule is CN(C)C(=O)c1cc(NC2(CO)CCOCC2)ccn1. The first-order valence-corrected chi connectivity index (χ1v) is 6.71. The highest BCUT2D eigenvalue weighted by Gasteiger charge is 2.31. The monoisotopic (exact) mass is 279 g/mol. The minimum absolute atomic E-state index is 0.0373. The van der Waals surface area contributed by atoms with Gasteiger partial charge in [-0.1, -0.05) is 0 Å². The summed E-state index contributed by atoms with van der Waals surface area (Å²) in [6.45, 7) is 1.29. The van der Waals surface area contributed by atoms with E-state index >= 15 is 0 Å². The smallest absolute Gasteiger partial charge is 0.272 e. The highest BCUT2D eigenvalue weighted by molar-refractivity contribution is 5.92. The van der Waals surface area contributed by atoms with Crippen molar-refractivity contribution in [3.63, 3.8) is 0 Å². The maximum Gasteiger partial charge on any atom is 0.272 e. The van der Waals surface area contributed by atoms with Gasteiger partial charge in [-0.05, 0) is 25.0 Å². The van der Waals surface area contributed by atoms with Crippen LogP contribution in [0.2, 0.25) is 0 Å². The van der Waals surface area contributed by atoms with E-state index in [2.05, 4.69) is 10.3 Å². The van der Waals surface area contributed by atoms with Crippen LogP contribution in [-0.2, 0) is 4.74 Å². The Hall–Kier alpha value is -1.66. The number of carbonyl (C=O) groups is 1. The molecular formula is C14H21N3O3. The van der Waals surface area contributed by atoms with Crippen molar-refractivity contribution in [1.29, 1.82) is 0 Å². The molecule has 0 spiro atoms. The fraction of sp³-hybridized carbons (Fsp3) is 0.571. The maximum atomic E-state index is 11.9. The van der Waals surface area contributed by atoms with Crippen LogP contribution in [0, 0.1) is 0 Å². The third-order valence-corrected chi connectivity index (χ3v) is 3.55. The van der Waals surface area contributed by atoms with Gasteiger partial charge < -0.3 is 20.1 Å². The summed E-state index contributed by atoms with van der Waals surface area (Å²) >= 11 is 0. The van der Waals surface area contributed by atoms with Crippen LogP contribution < -0.4 is 5.32 Å². The van der Waals surface area contributed by atoms with E-state index in [1.165, 1.54) is 4.90 Å². The number of hydrogen-bond acceptors (Lipinski definition) is 5. The molecule has 0 bridgehead atoms. The van der Waals surface area contributed by atoms with Crippen molar-refractivity contribution in [3.8, 4) is 0 Å². The Balaban J connectivity index is 2.16. The summed E-state index contributed by atoms with van der Waals surface area (Å²) in [6.07, 6.45) is 3.08. The van der Waals surface area contributed by atoms with E-state index in [4.69, 9.17) is 4.74 Å². The number of carbonyl (C=O) groups excluding carboxylic acids is 1. The maximum absolute atomic E-state index is 11.9. The molecule has 2 heterocycles. The molecule has 1 aliphatic heterocycles. The molecule has 0 radical (unpaired) electrons. The first-order chi connectivity index (χ1) is 9.56. The topological polar surface area (TPSA) is 74.7 Å². The Kier molecular flexibility index (Phi) is 4.57. The van der Waals surface area contributed by atoms with E-state index < -0.39 is 0 Å². The summed E-state index contributed by atoms with van der Waals surface area (Å²) in [6, 6.07) is 3.52. The van der Waals surface area contributed by atoms with Crippen LogP contribution >= 0.6 is 0 Å². The predicted molar refractivity (Wildman–Crippen MR) is 75.7 cm³/mol. The van der Waals surface area contributed by atoms with Crippen molar-refractivity contribution >= 4 is 11.6 Å². The zero-order chi connectivity index (χ0) is 14.6. The highest BCUT2D eigenvalue weighted by atomic mass is 16.5. The molecule has 1 aromatic rings. The molecule has 0 aromatic carbocycles. The molecule has 6 heteroatoms. The van der Waals surface area contributed by atoms with E-state index in [1.54, 1.807) is 32.4 Å². The van der Waals surface area contributed by atoms with Crippen LogP contribution in [0.25, 0.3) is 0 Å². The van der Waals surface area contributed by atoms with Gasteiger partial charge in [0.1, 0.15) is 5.69 Å². The number of hydrogen-bond donors (Lipinski definition) is 2.